The minimum atomic E-state index is 0.451. The number of aromatic nitrogens is 5. The third-order valence-electron chi connectivity index (χ3n) is 5.85. The molecule has 4 rings (SSSR count). The average Bonchev–Trinajstić information content (AvgIpc) is 3.18. The number of aryl methyl sites for hydroxylation is 2. The summed E-state index contributed by atoms with van der Waals surface area (Å²) in [6.45, 7) is 9.69. The lowest BCUT2D eigenvalue weighted by Crippen LogP contribution is -2.36. The molecule has 0 saturated carbocycles. The molecule has 8 nitrogen and oxygen atoms in total. The Balaban J connectivity index is 1.41. The molecule has 0 bridgehead atoms. The van der Waals surface area contributed by atoms with Crippen molar-refractivity contribution in [2.24, 2.45) is 14.1 Å². The highest BCUT2D eigenvalue weighted by Crippen LogP contribution is 2.27. The van der Waals surface area contributed by atoms with Gasteiger partial charge in [0.2, 0.25) is 0 Å². The van der Waals surface area contributed by atoms with Gasteiger partial charge in [0, 0.05) is 58.0 Å². The van der Waals surface area contributed by atoms with Crippen molar-refractivity contribution in [3.8, 4) is 0 Å². The van der Waals surface area contributed by atoms with Crippen LogP contribution in [0.1, 0.15) is 41.7 Å². The maximum Gasteiger partial charge on any atom is 0.146 e. The van der Waals surface area contributed by atoms with Gasteiger partial charge in [0.25, 0.3) is 0 Å². The summed E-state index contributed by atoms with van der Waals surface area (Å²) in [4.78, 5) is 4.93. The van der Waals surface area contributed by atoms with Gasteiger partial charge in [0.1, 0.15) is 11.6 Å². The fourth-order valence-electron chi connectivity index (χ4n) is 4.28. The van der Waals surface area contributed by atoms with Crippen molar-refractivity contribution in [1.82, 2.24) is 34.3 Å². The lowest BCUT2D eigenvalue weighted by molar-refractivity contribution is 0.0326. The monoisotopic (exact) mass is 373 g/mol. The van der Waals surface area contributed by atoms with E-state index in [9.17, 15) is 0 Å². The molecule has 148 valence electrons. The van der Waals surface area contributed by atoms with Gasteiger partial charge in [-0.25, -0.2) is 0 Å². The lowest BCUT2D eigenvalue weighted by atomic mass is 9.96. The van der Waals surface area contributed by atoms with Gasteiger partial charge in [0.15, 0.2) is 0 Å². The topological polar surface area (TPSA) is 64.2 Å². The van der Waals surface area contributed by atoms with E-state index in [0.29, 0.717) is 5.92 Å². The number of nitrogens with zero attached hydrogens (tertiary/aromatic N) is 7. The summed E-state index contributed by atoms with van der Waals surface area (Å²) in [6, 6.07) is 0. The quantitative estimate of drug-likeness (QED) is 0.781. The molecular weight excluding hydrogens is 342 g/mol. The Morgan fingerprint density at radius 2 is 1.89 bits per heavy atom. The molecule has 0 aliphatic carbocycles. The van der Waals surface area contributed by atoms with Crippen molar-refractivity contribution in [3.63, 3.8) is 0 Å². The highest BCUT2D eigenvalue weighted by molar-refractivity contribution is 5.15. The second-order valence-corrected chi connectivity index (χ2v) is 7.91. The van der Waals surface area contributed by atoms with E-state index < -0.39 is 0 Å². The molecule has 0 aromatic carbocycles. The number of piperidine rings is 1. The van der Waals surface area contributed by atoms with E-state index in [0.717, 1.165) is 69.8 Å². The number of likely N-dealkylation sites (tertiary alicyclic amines) is 1. The zero-order valence-electron chi connectivity index (χ0n) is 16.8. The van der Waals surface area contributed by atoms with Gasteiger partial charge >= 0.3 is 0 Å². The third-order valence-corrected chi connectivity index (χ3v) is 5.85. The van der Waals surface area contributed by atoms with E-state index in [4.69, 9.17) is 4.74 Å². The fourth-order valence-corrected chi connectivity index (χ4v) is 4.28. The van der Waals surface area contributed by atoms with Crippen molar-refractivity contribution < 1.29 is 4.74 Å². The van der Waals surface area contributed by atoms with Gasteiger partial charge in [-0.3, -0.25) is 14.5 Å². The molecule has 2 aromatic rings. The molecule has 2 aliphatic rings. The zero-order chi connectivity index (χ0) is 18.8. The first-order chi connectivity index (χ1) is 13.1. The second-order valence-electron chi connectivity index (χ2n) is 7.91. The number of morpholine rings is 1. The van der Waals surface area contributed by atoms with Crippen molar-refractivity contribution in [3.05, 3.63) is 29.1 Å². The Hall–Kier alpha value is -1.77. The normalized spacial score (nSPS) is 22.4. The summed E-state index contributed by atoms with van der Waals surface area (Å²) in [5.74, 6) is 2.64. The molecule has 1 unspecified atom stereocenters. The van der Waals surface area contributed by atoms with E-state index in [1.165, 1.54) is 18.4 Å². The summed E-state index contributed by atoms with van der Waals surface area (Å²) in [7, 11) is 4.11. The highest BCUT2D eigenvalue weighted by atomic mass is 16.5. The standard InChI is InChI=1S/C19H31N7O/c1-15-17(11-23(2)22-15)13-26-6-4-5-16(12-26)19-21-20-18(24(19)3)14-25-7-9-27-10-8-25/h11,16H,4-10,12-14H2,1-3H3. The minimum absolute atomic E-state index is 0.451. The van der Waals surface area contributed by atoms with Crippen molar-refractivity contribution in [2.75, 3.05) is 39.4 Å². The summed E-state index contributed by atoms with van der Waals surface area (Å²) in [5, 5.41) is 13.6. The number of rotatable bonds is 5. The third kappa shape index (κ3) is 4.23. The van der Waals surface area contributed by atoms with Gasteiger partial charge in [-0.2, -0.15) is 5.10 Å². The van der Waals surface area contributed by atoms with Crippen molar-refractivity contribution in [2.45, 2.75) is 38.8 Å². The van der Waals surface area contributed by atoms with Crippen molar-refractivity contribution in [1.29, 1.82) is 0 Å². The molecule has 2 aromatic heterocycles. The van der Waals surface area contributed by atoms with Crippen LogP contribution in [0.4, 0.5) is 0 Å². The predicted molar refractivity (Wildman–Crippen MR) is 102 cm³/mol. The van der Waals surface area contributed by atoms with Crippen LogP contribution in [0.5, 0.6) is 0 Å². The summed E-state index contributed by atoms with van der Waals surface area (Å²) < 4.78 is 9.57. The molecule has 0 N–H and O–H groups in total. The minimum Gasteiger partial charge on any atom is -0.379 e. The molecule has 0 amide bonds. The first-order valence-corrected chi connectivity index (χ1v) is 10.00. The van der Waals surface area contributed by atoms with E-state index in [2.05, 4.69) is 49.8 Å². The Morgan fingerprint density at radius 1 is 1.07 bits per heavy atom. The number of hydrogen-bond donors (Lipinski definition) is 0. The molecule has 27 heavy (non-hydrogen) atoms. The van der Waals surface area contributed by atoms with Crippen LogP contribution in [0, 0.1) is 6.92 Å². The highest BCUT2D eigenvalue weighted by Gasteiger charge is 2.27. The summed E-state index contributed by atoms with van der Waals surface area (Å²) in [5.41, 5.74) is 2.45. The van der Waals surface area contributed by atoms with Crippen LogP contribution in [0.15, 0.2) is 6.20 Å². The van der Waals surface area contributed by atoms with Gasteiger partial charge < -0.3 is 9.30 Å². The molecule has 0 radical (unpaired) electrons. The molecule has 4 heterocycles. The summed E-state index contributed by atoms with van der Waals surface area (Å²) >= 11 is 0. The fraction of sp³-hybridized carbons (Fsp3) is 0.737. The Bertz CT molecular complexity index is 762. The van der Waals surface area contributed by atoms with Gasteiger partial charge in [-0.15, -0.1) is 10.2 Å². The van der Waals surface area contributed by atoms with E-state index in [-0.39, 0.29) is 0 Å². The molecule has 2 fully saturated rings. The molecular formula is C19H31N7O. The van der Waals surface area contributed by atoms with Gasteiger partial charge in [0.05, 0.1) is 25.5 Å². The number of ether oxygens (including phenoxy) is 1. The van der Waals surface area contributed by atoms with E-state index in [1.54, 1.807) is 0 Å². The van der Waals surface area contributed by atoms with Crippen LogP contribution in [-0.2, 0) is 31.9 Å². The smallest absolute Gasteiger partial charge is 0.146 e. The second kappa shape index (κ2) is 8.08. The molecule has 0 spiro atoms. The number of hydrogen-bond acceptors (Lipinski definition) is 6. The van der Waals surface area contributed by atoms with Crippen LogP contribution >= 0.6 is 0 Å². The Morgan fingerprint density at radius 3 is 2.63 bits per heavy atom. The molecule has 1 atom stereocenters. The van der Waals surface area contributed by atoms with Crippen LogP contribution in [0.2, 0.25) is 0 Å². The first kappa shape index (κ1) is 18.6. The average molecular weight is 374 g/mol. The lowest BCUT2D eigenvalue weighted by Gasteiger charge is -2.32. The molecule has 8 heteroatoms. The first-order valence-electron chi connectivity index (χ1n) is 10.00. The van der Waals surface area contributed by atoms with Crippen LogP contribution in [0.25, 0.3) is 0 Å². The summed E-state index contributed by atoms with van der Waals surface area (Å²) in [6.07, 6.45) is 4.53. The van der Waals surface area contributed by atoms with Crippen LogP contribution in [0.3, 0.4) is 0 Å². The van der Waals surface area contributed by atoms with E-state index >= 15 is 0 Å². The van der Waals surface area contributed by atoms with Crippen molar-refractivity contribution >= 4 is 0 Å². The van der Waals surface area contributed by atoms with E-state index in [1.807, 2.05) is 11.7 Å². The maximum atomic E-state index is 5.44. The van der Waals surface area contributed by atoms with Gasteiger partial charge in [-0.05, 0) is 26.3 Å². The SMILES string of the molecule is Cc1nn(C)cc1CN1CCCC(c2nnc(CN3CCOCC3)n2C)C1. The van der Waals surface area contributed by atoms with Crippen LogP contribution in [-0.4, -0.2) is 73.7 Å². The Labute approximate surface area is 161 Å². The molecule has 2 aliphatic heterocycles. The van der Waals surface area contributed by atoms with Gasteiger partial charge in [-0.1, -0.05) is 0 Å². The Kier molecular flexibility index (Phi) is 5.56. The molecule has 2 saturated heterocycles. The maximum absolute atomic E-state index is 5.44. The largest absolute Gasteiger partial charge is 0.379 e. The predicted octanol–water partition coefficient (Wildman–Crippen LogP) is 1.07. The van der Waals surface area contributed by atoms with Crippen LogP contribution < -0.4 is 0 Å². The zero-order valence-corrected chi connectivity index (χ0v) is 16.8.